The van der Waals surface area contributed by atoms with Crippen LogP contribution in [0.25, 0.3) is 0 Å². The molecule has 0 spiro atoms. The van der Waals surface area contributed by atoms with Gasteiger partial charge in [0.15, 0.2) is 0 Å². The van der Waals surface area contributed by atoms with Gasteiger partial charge in [-0.1, -0.05) is 30.3 Å². The van der Waals surface area contributed by atoms with Crippen LogP contribution in [0.5, 0.6) is 0 Å². The second-order valence-corrected chi connectivity index (χ2v) is 5.83. The van der Waals surface area contributed by atoms with E-state index in [1.807, 2.05) is 54.9 Å². The molecule has 1 aromatic heterocycles. The van der Waals surface area contributed by atoms with Gasteiger partial charge in [-0.25, -0.2) is 0 Å². The molecule has 0 saturated heterocycles. The van der Waals surface area contributed by atoms with E-state index >= 15 is 0 Å². The molecule has 1 atom stereocenters. The van der Waals surface area contributed by atoms with Gasteiger partial charge >= 0.3 is 0 Å². The number of aryl methyl sites for hydroxylation is 3. The van der Waals surface area contributed by atoms with Gasteiger partial charge < -0.3 is 11.1 Å². The van der Waals surface area contributed by atoms with Gasteiger partial charge in [-0.15, -0.1) is 0 Å². The highest BCUT2D eigenvalue weighted by Crippen LogP contribution is 2.17. The summed E-state index contributed by atoms with van der Waals surface area (Å²) in [6.07, 6.45) is 0.818. The van der Waals surface area contributed by atoms with Crippen molar-refractivity contribution in [1.82, 2.24) is 15.1 Å². The number of nitrogens with one attached hydrogen (secondary N) is 1. The largest absolute Gasteiger partial charge is 0.354 e. The van der Waals surface area contributed by atoms with Crippen LogP contribution in [0.3, 0.4) is 0 Å². The van der Waals surface area contributed by atoms with Gasteiger partial charge in [0.1, 0.15) is 5.54 Å². The summed E-state index contributed by atoms with van der Waals surface area (Å²) in [6.45, 7) is 7.11. The Labute approximate surface area is 131 Å². The zero-order valence-corrected chi connectivity index (χ0v) is 13.5. The summed E-state index contributed by atoms with van der Waals surface area (Å²) in [5, 5.41) is 7.32. The molecule has 1 amide bonds. The van der Waals surface area contributed by atoms with E-state index in [1.54, 1.807) is 6.92 Å². The second kappa shape index (κ2) is 6.75. The molecule has 5 nitrogen and oxygen atoms in total. The Hall–Kier alpha value is -2.14. The molecular formula is C17H24N4O. The first-order valence-electron chi connectivity index (χ1n) is 7.55. The number of hydrogen-bond donors (Lipinski definition) is 2. The molecule has 1 aromatic carbocycles. The Bertz CT molecular complexity index is 631. The first kappa shape index (κ1) is 16.2. The van der Waals surface area contributed by atoms with Gasteiger partial charge in [-0.05, 0) is 38.8 Å². The van der Waals surface area contributed by atoms with Crippen LogP contribution in [0.4, 0.5) is 0 Å². The van der Waals surface area contributed by atoms with Crippen LogP contribution in [-0.4, -0.2) is 22.2 Å². The van der Waals surface area contributed by atoms with Gasteiger partial charge in [0.05, 0.1) is 5.69 Å². The fourth-order valence-electron chi connectivity index (χ4n) is 2.43. The lowest BCUT2D eigenvalue weighted by Gasteiger charge is -2.24. The van der Waals surface area contributed by atoms with E-state index in [-0.39, 0.29) is 5.91 Å². The van der Waals surface area contributed by atoms with Gasteiger partial charge in [0.25, 0.3) is 0 Å². The van der Waals surface area contributed by atoms with Crippen LogP contribution in [0.2, 0.25) is 0 Å². The van der Waals surface area contributed by atoms with Crippen LogP contribution >= 0.6 is 0 Å². The number of amides is 1. The molecule has 1 heterocycles. The van der Waals surface area contributed by atoms with Crippen molar-refractivity contribution in [1.29, 1.82) is 0 Å². The highest BCUT2D eigenvalue weighted by atomic mass is 16.2. The van der Waals surface area contributed by atoms with Crippen LogP contribution in [0.1, 0.15) is 30.3 Å². The molecule has 0 saturated carbocycles. The van der Waals surface area contributed by atoms with Crippen LogP contribution in [-0.2, 0) is 16.9 Å². The fraction of sp³-hybridized carbons (Fsp3) is 0.412. The number of hydrogen-bond acceptors (Lipinski definition) is 3. The van der Waals surface area contributed by atoms with Gasteiger partial charge in [0.2, 0.25) is 5.91 Å². The molecule has 2 rings (SSSR count). The molecule has 1 unspecified atom stereocenters. The lowest BCUT2D eigenvalue weighted by atomic mass is 9.92. The first-order chi connectivity index (χ1) is 10.4. The highest BCUT2D eigenvalue weighted by Gasteiger charge is 2.29. The quantitative estimate of drug-likeness (QED) is 0.800. The first-order valence-corrected chi connectivity index (χ1v) is 7.55. The van der Waals surface area contributed by atoms with Crippen molar-refractivity contribution in [3.63, 3.8) is 0 Å². The summed E-state index contributed by atoms with van der Waals surface area (Å²) in [5.74, 6) is -0.160. The highest BCUT2D eigenvalue weighted by molar-refractivity contribution is 5.86. The summed E-state index contributed by atoms with van der Waals surface area (Å²) in [4.78, 5) is 12.3. The van der Waals surface area contributed by atoms with E-state index < -0.39 is 5.54 Å². The fourth-order valence-corrected chi connectivity index (χ4v) is 2.43. The third kappa shape index (κ3) is 3.74. The van der Waals surface area contributed by atoms with Crippen molar-refractivity contribution < 1.29 is 4.79 Å². The molecule has 0 fully saturated rings. The smallest absolute Gasteiger partial charge is 0.244 e. The third-order valence-electron chi connectivity index (χ3n) is 3.78. The molecule has 118 valence electrons. The molecule has 2 aromatic rings. The van der Waals surface area contributed by atoms with E-state index in [4.69, 9.17) is 5.73 Å². The van der Waals surface area contributed by atoms with Crippen molar-refractivity contribution >= 4 is 5.91 Å². The summed E-state index contributed by atoms with van der Waals surface area (Å²) < 4.78 is 1.96. The van der Waals surface area contributed by atoms with E-state index in [1.165, 1.54) is 0 Å². The Morgan fingerprint density at radius 3 is 2.59 bits per heavy atom. The third-order valence-corrected chi connectivity index (χ3v) is 3.78. The minimum absolute atomic E-state index is 0.160. The number of nitrogens with zero attached hydrogens (tertiary/aromatic N) is 2. The lowest BCUT2D eigenvalue weighted by molar-refractivity contribution is -0.126. The summed E-state index contributed by atoms with van der Waals surface area (Å²) in [5.41, 5.74) is 8.12. The number of aromatic nitrogens is 2. The van der Waals surface area contributed by atoms with Gasteiger partial charge in [-0.3, -0.25) is 9.48 Å². The van der Waals surface area contributed by atoms with E-state index in [0.29, 0.717) is 6.54 Å². The average molecular weight is 300 g/mol. The molecule has 3 N–H and O–H groups in total. The van der Waals surface area contributed by atoms with Crippen molar-refractivity contribution in [2.24, 2.45) is 5.73 Å². The summed E-state index contributed by atoms with van der Waals surface area (Å²) in [7, 11) is 0. The summed E-state index contributed by atoms with van der Waals surface area (Å²) >= 11 is 0. The van der Waals surface area contributed by atoms with E-state index in [9.17, 15) is 4.79 Å². The van der Waals surface area contributed by atoms with Crippen molar-refractivity contribution in [2.45, 2.75) is 39.3 Å². The number of rotatable bonds is 6. The monoisotopic (exact) mass is 300 g/mol. The maximum absolute atomic E-state index is 12.3. The minimum atomic E-state index is -1.01. The van der Waals surface area contributed by atoms with Gasteiger partial charge in [-0.2, -0.15) is 5.10 Å². The molecule has 0 aliphatic heterocycles. The standard InChI is InChI=1S/C17H24N4O/c1-13-12-14(2)21(20-13)11-7-10-19-16(22)17(3,18)15-8-5-4-6-9-15/h4-6,8-9,12H,7,10-11,18H2,1-3H3,(H,19,22). The predicted molar refractivity (Wildman–Crippen MR) is 87.3 cm³/mol. The Kier molecular flexibility index (Phi) is 4.98. The molecule has 0 aliphatic carbocycles. The van der Waals surface area contributed by atoms with Crippen molar-refractivity contribution in [3.8, 4) is 0 Å². The predicted octanol–water partition coefficient (Wildman–Crippen LogP) is 1.88. The van der Waals surface area contributed by atoms with Crippen molar-refractivity contribution in [2.75, 3.05) is 6.54 Å². The molecule has 5 heteroatoms. The molecular weight excluding hydrogens is 276 g/mol. The molecule has 0 aliphatic rings. The minimum Gasteiger partial charge on any atom is -0.354 e. The Balaban J connectivity index is 1.84. The topological polar surface area (TPSA) is 72.9 Å². The number of benzene rings is 1. The number of nitrogens with two attached hydrogens (primary N) is 1. The van der Waals surface area contributed by atoms with Crippen LogP contribution in [0.15, 0.2) is 36.4 Å². The summed E-state index contributed by atoms with van der Waals surface area (Å²) in [6, 6.07) is 11.5. The number of carbonyl (C=O) groups excluding carboxylic acids is 1. The number of carbonyl (C=O) groups is 1. The second-order valence-electron chi connectivity index (χ2n) is 5.83. The molecule has 0 bridgehead atoms. The van der Waals surface area contributed by atoms with Crippen LogP contribution < -0.4 is 11.1 Å². The zero-order chi connectivity index (χ0) is 16.2. The van der Waals surface area contributed by atoms with Gasteiger partial charge in [0, 0.05) is 18.8 Å². The molecule has 22 heavy (non-hydrogen) atoms. The van der Waals surface area contributed by atoms with Crippen molar-refractivity contribution in [3.05, 3.63) is 53.3 Å². The maximum Gasteiger partial charge on any atom is 0.244 e. The lowest BCUT2D eigenvalue weighted by Crippen LogP contribution is -2.49. The van der Waals surface area contributed by atoms with Crippen LogP contribution in [0, 0.1) is 13.8 Å². The Morgan fingerprint density at radius 1 is 1.32 bits per heavy atom. The maximum atomic E-state index is 12.3. The SMILES string of the molecule is Cc1cc(C)n(CCCNC(=O)C(C)(N)c2ccccc2)n1. The molecule has 0 radical (unpaired) electrons. The Morgan fingerprint density at radius 2 is 2.00 bits per heavy atom. The van der Waals surface area contributed by atoms with E-state index in [0.717, 1.165) is 29.9 Å². The van der Waals surface area contributed by atoms with E-state index in [2.05, 4.69) is 10.4 Å². The normalized spacial score (nSPS) is 13.6. The zero-order valence-electron chi connectivity index (χ0n) is 13.5. The average Bonchev–Trinajstić information content (AvgIpc) is 2.82.